The zero-order chi connectivity index (χ0) is 9.94. The second-order valence-electron chi connectivity index (χ2n) is 3.37. The van der Waals surface area contributed by atoms with Gasteiger partial charge in [0, 0.05) is 13.2 Å². The van der Waals surface area contributed by atoms with E-state index in [1.54, 1.807) is 7.11 Å². The molecule has 0 aliphatic carbocycles. The van der Waals surface area contributed by atoms with Crippen molar-refractivity contribution in [2.45, 2.75) is 38.1 Å². The van der Waals surface area contributed by atoms with Gasteiger partial charge in [0.2, 0.25) is 0 Å². The molecule has 0 aromatic rings. The highest BCUT2D eigenvalue weighted by Gasteiger charge is 2.03. The summed E-state index contributed by atoms with van der Waals surface area (Å²) in [6, 6.07) is 0.522. The molecule has 78 valence electrons. The van der Waals surface area contributed by atoms with E-state index in [4.69, 9.17) is 4.74 Å². The van der Waals surface area contributed by atoms with Crippen molar-refractivity contribution in [3.63, 3.8) is 0 Å². The molecule has 0 aliphatic rings. The molecule has 1 N–H and O–H groups in total. The average Bonchev–Trinajstić information content (AvgIpc) is 2.16. The summed E-state index contributed by atoms with van der Waals surface area (Å²) >= 11 is 0. The normalized spacial score (nSPS) is 12.8. The largest absolute Gasteiger partial charge is 0.383 e. The fourth-order valence-corrected chi connectivity index (χ4v) is 1.37. The zero-order valence-electron chi connectivity index (χ0n) is 9.01. The van der Waals surface area contributed by atoms with Gasteiger partial charge in [-0.1, -0.05) is 18.9 Å². The minimum atomic E-state index is 0.522. The van der Waals surface area contributed by atoms with E-state index >= 15 is 0 Å². The molecule has 0 saturated carbocycles. The maximum atomic E-state index is 5.09. The SMILES string of the molecule is C=CCCCCCC(COC)NC. The van der Waals surface area contributed by atoms with Gasteiger partial charge < -0.3 is 10.1 Å². The van der Waals surface area contributed by atoms with Crippen LogP contribution in [0.1, 0.15) is 32.1 Å². The first kappa shape index (κ1) is 12.7. The van der Waals surface area contributed by atoms with E-state index in [2.05, 4.69) is 11.9 Å². The molecule has 1 unspecified atom stereocenters. The Kier molecular flexibility index (Phi) is 9.49. The van der Waals surface area contributed by atoms with Crippen molar-refractivity contribution in [3.8, 4) is 0 Å². The number of likely N-dealkylation sites (N-methyl/N-ethyl adjacent to an activating group) is 1. The van der Waals surface area contributed by atoms with Gasteiger partial charge in [0.1, 0.15) is 0 Å². The van der Waals surface area contributed by atoms with Gasteiger partial charge in [-0.15, -0.1) is 6.58 Å². The summed E-state index contributed by atoms with van der Waals surface area (Å²) in [5.74, 6) is 0. The van der Waals surface area contributed by atoms with Crippen molar-refractivity contribution in [1.82, 2.24) is 5.32 Å². The molecule has 0 saturated heterocycles. The summed E-state index contributed by atoms with van der Waals surface area (Å²) in [7, 11) is 3.75. The number of methoxy groups -OCH3 is 1. The molecule has 0 radical (unpaired) electrons. The Labute approximate surface area is 82.4 Å². The summed E-state index contributed by atoms with van der Waals surface area (Å²) in [6.07, 6.45) is 8.20. The van der Waals surface area contributed by atoms with Crippen LogP contribution < -0.4 is 5.32 Å². The van der Waals surface area contributed by atoms with Gasteiger partial charge in [0.05, 0.1) is 6.61 Å². The third-order valence-corrected chi connectivity index (χ3v) is 2.24. The lowest BCUT2D eigenvalue weighted by atomic mass is 10.1. The Morgan fingerprint density at radius 1 is 1.38 bits per heavy atom. The third-order valence-electron chi connectivity index (χ3n) is 2.24. The maximum Gasteiger partial charge on any atom is 0.0615 e. The first-order chi connectivity index (χ1) is 6.35. The van der Waals surface area contributed by atoms with Crippen LogP contribution in [-0.4, -0.2) is 26.8 Å². The number of rotatable bonds is 9. The third kappa shape index (κ3) is 8.00. The van der Waals surface area contributed by atoms with Gasteiger partial charge >= 0.3 is 0 Å². The van der Waals surface area contributed by atoms with E-state index < -0.39 is 0 Å². The van der Waals surface area contributed by atoms with E-state index in [9.17, 15) is 0 Å². The lowest BCUT2D eigenvalue weighted by Gasteiger charge is -2.14. The van der Waals surface area contributed by atoms with Gasteiger partial charge in [0.15, 0.2) is 0 Å². The molecule has 0 fully saturated rings. The maximum absolute atomic E-state index is 5.09. The standard InChI is InChI=1S/C11H23NO/c1-4-5-6-7-8-9-11(12-2)10-13-3/h4,11-12H,1,5-10H2,2-3H3. The Balaban J connectivity index is 3.22. The van der Waals surface area contributed by atoms with Gasteiger partial charge in [-0.2, -0.15) is 0 Å². The summed E-state index contributed by atoms with van der Waals surface area (Å²) in [6.45, 7) is 4.52. The quantitative estimate of drug-likeness (QED) is 0.440. The van der Waals surface area contributed by atoms with Gasteiger partial charge in [0.25, 0.3) is 0 Å². The van der Waals surface area contributed by atoms with E-state index in [0.717, 1.165) is 13.0 Å². The second kappa shape index (κ2) is 9.75. The monoisotopic (exact) mass is 185 g/mol. The minimum absolute atomic E-state index is 0.522. The first-order valence-electron chi connectivity index (χ1n) is 5.12. The molecule has 2 nitrogen and oxygen atoms in total. The van der Waals surface area contributed by atoms with Gasteiger partial charge in [-0.05, 0) is 26.3 Å². The number of hydrogen-bond donors (Lipinski definition) is 1. The number of allylic oxidation sites excluding steroid dienone is 1. The van der Waals surface area contributed by atoms with Crippen LogP contribution in [0.5, 0.6) is 0 Å². The number of hydrogen-bond acceptors (Lipinski definition) is 2. The molecular formula is C11H23NO. The first-order valence-corrected chi connectivity index (χ1v) is 5.12. The van der Waals surface area contributed by atoms with Gasteiger partial charge in [-0.3, -0.25) is 0 Å². The molecule has 0 spiro atoms. The predicted molar refractivity (Wildman–Crippen MR) is 58.0 cm³/mol. The zero-order valence-corrected chi connectivity index (χ0v) is 9.01. The van der Waals surface area contributed by atoms with E-state index in [1.165, 1.54) is 25.7 Å². The van der Waals surface area contributed by atoms with Crippen LogP contribution in [0.2, 0.25) is 0 Å². The molecular weight excluding hydrogens is 162 g/mol. The van der Waals surface area contributed by atoms with Crippen molar-refractivity contribution in [3.05, 3.63) is 12.7 Å². The lowest BCUT2D eigenvalue weighted by Crippen LogP contribution is -2.29. The molecule has 0 aromatic carbocycles. The van der Waals surface area contributed by atoms with Gasteiger partial charge in [-0.25, -0.2) is 0 Å². The van der Waals surface area contributed by atoms with Crippen molar-refractivity contribution in [2.75, 3.05) is 20.8 Å². The van der Waals surface area contributed by atoms with Crippen LogP contribution in [-0.2, 0) is 4.74 Å². The number of ether oxygens (including phenoxy) is 1. The Hall–Kier alpha value is -0.340. The molecule has 0 rings (SSSR count). The van der Waals surface area contributed by atoms with Crippen molar-refractivity contribution in [1.29, 1.82) is 0 Å². The molecule has 0 bridgehead atoms. The highest BCUT2D eigenvalue weighted by atomic mass is 16.5. The predicted octanol–water partition coefficient (Wildman–Crippen LogP) is 2.36. The topological polar surface area (TPSA) is 21.3 Å². The molecule has 13 heavy (non-hydrogen) atoms. The van der Waals surface area contributed by atoms with Crippen LogP contribution in [0, 0.1) is 0 Å². The van der Waals surface area contributed by atoms with Crippen LogP contribution in [0.25, 0.3) is 0 Å². The van der Waals surface area contributed by atoms with Crippen LogP contribution >= 0.6 is 0 Å². The highest BCUT2D eigenvalue weighted by Crippen LogP contribution is 2.06. The Bertz CT molecular complexity index is 115. The Morgan fingerprint density at radius 3 is 2.69 bits per heavy atom. The van der Waals surface area contributed by atoms with Crippen molar-refractivity contribution >= 4 is 0 Å². The molecule has 2 heteroatoms. The van der Waals surface area contributed by atoms with E-state index in [1.807, 2.05) is 13.1 Å². The summed E-state index contributed by atoms with van der Waals surface area (Å²) < 4.78 is 5.09. The molecule has 0 heterocycles. The molecule has 1 atom stereocenters. The smallest absolute Gasteiger partial charge is 0.0615 e. The highest BCUT2D eigenvalue weighted by molar-refractivity contribution is 4.67. The van der Waals surface area contributed by atoms with Crippen molar-refractivity contribution < 1.29 is 4.74 Å². The van der Waals surface area contributed by atoms with Crippen LogP contribution in [0.4, 0.5) is 0 Å². The summed E-state index contributed by atoms with van der Waals surface area (Å²) in [5.41, 5.74) is 0. The fraction of sp³-hybridized carbons (Fsp3) is 0.818. The van der Waals surface area contributed by atoms with E-state index in [-0.39, 0.29) is 0 Å². The van der Waals surface area contributed by atoms with E-state index in [0.29, 0.717) is 6.04 Å². The summed E-state index contributed by atoms with van der Waals surface area (Å²) in [5, 5.41) is 3.25. The van der Waals surface area contributed by atoms with Crippen LogP contribution in [0.15, 0.2) is 12.7 Å². The Morgan fingerprint density at radius 2 is 2.15 bits per heavy atom. The molecule has 0 aliphatic heterocycles. The molecule has 0 amide bonds. The lowest BCUT2D eigenvalue weighted by molar-refractivity contribution is 0.164. The minimum Gasteiger partial charge on any atom is -0.383 e. The van der Waals surface area contributed by atoms with Crippen molar-refractivity contribution in [2.24, 2.45) is 0 Å². The average molecular weight is 185 g/mol. The number of unbranched alkanes of at least 4 members (excludes halogenated alkanes) is 3. The van der Waals surface area contributed by atoms with Crippen LogP contribution in [0.3, 0.4) is 0 Å². The second-order valence-corrected chi connectivity index (χ2v) is 3.37. The molecule has 0 aromatic heterocycles. The number of nitrogens with one attached hydrogen (secondary N) is 1. The summed E-state index contributed by atoms with van der Waals surface area (Å²) in [4.78, 5) is 0. The fourth-order valence-electron chi connectivity index (χ4n) is 1.37.